The van der Waals surface area contributed by atoms with E-state index in [1.807, 2.05) is 31.5 Å². The first-order chi connectivity index (χ1) is 13.7. The van der Waals surface area contributed by atoms with Crippen LogP contribution in [0.5, 0.6) is 5.88 Å². The van der Waals surface area contributed by atoms with E-state index in [1.54, 1.807) is 6.92 Å². The van der Waals surface area contributed by atoms with E-state index in [9.17, 15) is 0 Å². The zero-order valence-electron chi connectivity index (χ0n) is 16.1. The number of H-pyrrole nitrogens is 1. The zero-order chi connectivity index (χ0) is 19.5. The predicted octanol–water partition coefficient (Wildman–Crippen LogP) is 3.58. The minimum absolute atomic E-state index is 0.411. The van der Waals surface area contributed by atoms with Crippen LogP contribution in [0.3, 0.4) is 0 Å². The van der Waals surface area contributed by atoms with E-state index in [0.717, 1.165) is 40.6 Å². The van der Waals surface area contributed by atoms with E-state index >= 15 is 0 Å². The first-order valence-corrected chi connectivity index (χ1v) is 9.25. The van der Waals surface area contributed by atoms with E-state index in [-0.39, 0.29) is 0 Å². The van der Waals surface area contributed by atoms with Gasteiger partial charge in [-0.05, 0) is 19.0 Å². The largest absolute Gasteiger partial charge is 0.472 e. The third-order valence-electron chi connectivity index (χ3n) is 4.56. The minimum Gasteiger partial charge on any atom is -0.472 e. The van der Waals surface area contributed by atoms with Crippen LogP contribution in [0.1, 0.15) is 24.1 Å². The van der Waals surface area contributed by atoms with Crippen molar-refractivity contribution < 1.29 is 9.37 Å². The van der Waals surface area contributed by atoms with Crippen molar-refractivity contribution in [2.75, 3.05) is 6.61 Å². The maximum Gasteiger partial charge on any atom is 0.278 e. The summed E-state index contributed by atoms with van der Waals surface area (Å²) in [6, 6.07) is 10.1. The molecular formula is C20H22N6O2. The summed E-state index contributed by atoms with van der Waals surface area (Å²) in [7, 11) is 0. The van der Waals surface area contributed by atoms with Crippen LogP contribution in [-0.4, -0.2) is 36.4 Å². The van der Waals surface area contributed by atoms with E-state index < -0.39 is 0 Å². The Labute approximate surface area is 162 Å². The Balaban J connectivity index is 1.69. The van der Waals surface area contributed by atoms with Crippen LogP contribution in [-0.2, 0) is 13.0 Å². The average molecular weight is 378 g/mol. The number of rotatable bonds is 7. The lowest BCUT2D eigenvalue weighted by atomic mass is 10.1. The number of hydrogen-bond donors (Lipinski definition) is 1. The summed E-state index contributed by atoms with van der Waals surface area (Å²) in [5.41, 5.74) is 5.48. The van der Waals surface area contributed by atoms with Crippen LogP contribution >= 0.6 is 0 Å². The van der Waals surface area contributed by atoms with E-state index in [0.29, 0.717) is 24.7 Å². The molecule has 0 spiro atoms. The van der Waals surface area contributed by atoms with Gasteiger partial charge in [0.05, 0.1) is 24.3 Å². The Morgan fingerprint density at radius 2 is 1.93 bits per heavy atom. The van der Waals surface area contributed by atoms with Gasteiger partial charge >= 0.3 is 0 Å². The fraction of sp³-hybridized carbons (Fsp3) is 0.300. The molecule has 144 valence electrons. The molecule has 0 fully saturated rings. The Morgan fingerprint density at radius 3 is 2.61 bits per heavy atom. The zero-order valence-corrected chi connectivity index (χ0v) is 16.1. The van der Waals surface area contributed by atoms with Gasteiger partial charge in [0.25, 0.3) is 5.88 Å². The Morgan fingerprint density at radius 1 is 1.11 bits per heavy atom. The Hall–Kier alpha value is -3.42. The predicted molar refractivity (Wildman–Crippen MR) is 104 cm³/mol. The average Bonchev–Trinajstić information content (AvgIpc) is 3.41. The van der Waals surface area contributed by atoms with Crippen LogP contribution in [0, 0.1) is 13.8 Å². The normalized spacial score (nSPS) is 11.1. The molecule has 0 radical (unpaired) electrons. The highest BCUT2D eigenvalue weighted by Gasteiger charge is 2.20. The van der Waals surface area contributed by atoms with Crippen molar-refractivity contribution in [3.63, 3.8) is 0 Å². The number of aromatic amines is 1. The topological polar surface area (TPSA) is 94.7 Å². The van der Waals surface area contributed by atoms with E-state index in [4.69, 9.17) is 9.72 Å². The van der Waals surface area contributed by atoms with E-state index in [2.05, 4.69) is 48.5 Å². The van der Waals surface area contributed by atoms with Crippen LogP contribution in [0.15, 0.2) is 41.3 Å². The first-order valence-electron chi connectivity index (χ1n) is 9.25. The second-order valence-corrected chi connectivity index (χ2v) is 6.52. The van der Waals surface area contributed by atoms with Gasteiger partial charge in [0.2, 0.25) is 0 Å². The maximum absolute atomic E-state index is 5.70. The summed E-state index contributed by atoms with van der Waals surface area (Å²) >= 11 is 0. The van der Waals surface area contributed by atoms with Gasteiger partial charge in [0, 0.05) is 17.7 Å². The molecule has 1 aromatic carbocycles. The number of nitrogens with one attached hydrogen (secondary N) is 1. The molecule has 0 bridgehead atoms. The van der Waals surface area contributed by atoms with Crippen molar-refractivity contribution in [3.05, 3.63) is 53.9 Å². The van der Waals surface area contributed by atoms with E-state index in [1.165, 1.54) is 0 Å². The van der Waals surface area contributed by atoms with Gasteiger partial charge in [0.15, 0.2) is 0 Å². The van der Waals surface area contributed by atoms with Crippen molar-refractivity contribution in [2.45, 2.75) is 33.7 Å². The monoisotopic (exact) mass is 378 g/mol. The molecule has 3 aromatic heterocycles. The van der Waals surface area contributed by atoms with Gasteiger partial charge in [-0.25, -0.2) is 14.6 Å². The molecule has 3 heterocycles. The second kappa shape index (κ2) is 7.67. The third-order valence-corrected chi connectivity index (χ3v) is 4.56. The number of aryl methyl sites for hydroxylation is 3. The Bertz CT molecular complexity index is 1060. The van der Waals surface area contributed by atoms with Gasteiger partial charge in [-0.15, -0.1) is 0 Å². The number of ether oxygens (including phenoxy) is 1. The highest BCUT2D eigenvalue weighted by Crippen LogP contribution is 2.32. The summed E-state index contributed by atoms with van der Waals surface area (Å²) in [6.45, 7) is 6.92. The second-order valence-electron chi connectivity index (χ2n) is 6.52. The summed E-state index contributed by atoms with van der Waals surface area (Å²) in [5.74, 6) is 1.37. The molecule has 0 aliphatic carbocycles. The molecule has 0 aliphatic rings. The lowest BCUT2D eigenvalue weighted by Gasteiger charge is -2.10. The van der Waals surface area contributed by atoms with Gasteiger partial charge < -0.3 is 14.3 Å². The summed E-state index contributed by atoms with van der Waals surface area (Å²) < 4.78 is 12.4. The van der Waals surface area contributed by atoms with Crippen molar-refractivity contribution in [1.82, 2.24) is 29.8 Å². The molecule has 1 N–H and O–H groups in total. The van der Waals surface area contributed by atoms with Gasteiger partial charge in [-0.1, -0.05) is 42.4 Å². The molecule has 4 aromatic rings. The summed E-state index contributed by atoms with van der Waals surface area (Å²) in [4.78, 5) is 12.8. The molecule has 28 heavy (non-hydrogen) atoms. The van der Waals surface area contributed by atoms with Crippen LogP contribution in [0.2, 0.25) is 0 Å². The fourth-order valence-electron chi connectivity index (χ4n) is 3.12. The highest BCUT2D eigenvalue weighted by molar-refractivity contribution is 5.77. The van der Waals surface area contributed by atoms with Crippen LogP contribution in [0.4, 0.5) is 0 Å². The summed E-state index contributed by atoms with van der Waals surface area (Å²) in [6.07, 6.45) is 2.67. The molecule has 0 saturated carbocycles. The maximum atomic E-state index is 5.70. The number of imidazole rings is 2. The summed E-state index contributed by atoms with van der Waals surface area (Å²) in [5, 5.41) is 7.49. The SMILES string of the molecule is CCc1nc(-c2c(-c3ccccc3)ncn2CCOc2nonc2C)c(C)[nH]1. The molecule has 0 amide bonds. The molecule has 8 nitrogen and oxygen atoms in total. The van der Waals surface area contributed by atoms with Crippen LogP contribution < -0.4 is 4.74 Å². The van der Waals surface area contributed by atoms with Crippen LogP contribution in [0.25, 0.3) is 22.6 Å². The van der Waals surface area contributed by atoms with Gasteiger partial charge in [0.1, 0.15) is 23.8 Å². The number of hydrogen-bond acceptors (Lipinski definition) is 6. The molecule has 0 atom stereocenters. The first kappa shape index (κ1) is 18.0. The minimum atomic E-state index is 0.411. The van der Waals surface area contributed by atoms with Crippen molar-refractivity contribution >= 4 is 0 Å². The molecule has 0 unspecified atom stereocenters. The molecule has 0 aliphatic heterocycles. The quantitative estimate of drug-likeness (QED) is 0.528. The van der Waals surface area contributed by atoms with Crippen molar-refractivity contribution in [2.24, 2.45) is 0 Å². The smallest absolute Gasteiger partial charge is 0.278 e. The highest BCUT2D eigenvalue weighted by atomic mass is 16.6. The Kier molecular flexibility index (Phi) is 4.92. The van der Waals surface area contributed by atoms with Gasteiger partial charge in [-0.3, -0.25) is 0 Å². The fourth-order valence-corrected chi connectivity index (χ4v) is 3.12. The van der Waals surface area contributed by atoms with Crippen molar-refractivity contribution in [3.8, 4) is 28.5 Å². The lowest BCUT2D eigenvalue weighted by molar-refractivity contribution is 0.248. The number of nitrogens with zero attached hydrogens (tertiary/aromatic N) is 5. The third kappa shape index (κ3) is 3.40. The molecule has 0 saturated heterocycles. The number of benzene rings is 1. The van der Waals surface area contributed by atoms with Gasteiger partial charge in [-0.2, -0.15) is 0 Å². The number of aromatic nitrogens is 6. The van der Waals surface area contributed by atoms with Crippen molar-refractivity contribution in [1.29, 1.82) is 0 Å². The molecule has 8 heteroatoms. The molecule has 4 rings (SSSR count). The lowest BCUT2D eigenvalue weighted by Crippen LogP contribution is -2.09. The standard InChI is InChI=1S/C20H22N6O2/c1-4-16-22-13(2)17(23-16)19-18(15-8-6-5-7-9-15)21-12-26(19)10-11-27-20-14(3)24-28-25-20/h5-9,12H,4,10-11H2,1-3H3,(H,22,23). The molecular weight excluding hydrogens is 356 g/mol.